The van der Waals surface area contributed by atoms with E-state index in [1.54, 1.807) is 0 Å². The fraction of sp³-hybridized carbons (Fsp3) is 0.350. The van der Waals surface area contributed by atoms with E-state index in [1.807, 2.05) is 69.3 Å². The van der Waals surface area contributed by atoms with Crippen molar-refractivity contribution in [3.05, 3.63) is 48.5 Å². The molecule has 25 heavy (non-hydrogen) atoms. The second kappa shape index (κ2) is 9.57. The SMILES string of the molecule is CCOc1ccc(NCCC(=O)Nc2ccc(OC(C)C)cc2)cc1. The average molecular weight is 342 g/mol. The molecule has 0 aliphatic carbocycles. The summed E-state index contributed by atoms with van der Waals surface area (Å²) in [4.78, 5) is 12.0. The largest absolute Gasteiger partial charge is 0.494 e. The molecule has 5 nitrogen and oxygen atoms in total. The van der Waals surface area contributed by atoms with Gasteiger partial charge in [-0.25, -0.2) is 0 Å². The standard InChI is InChI=1S/C20H26N2O3/c1-4-24-18-9-5-16(6-10-18)21-14-13-20(23)22-17-7-11-19(12-8-17)25-15(2)3/h5-12,15,21H,4,13-14H2,1-3H3,(H,22,23). The van der Waals surface area contributed by atoms with Crippen molar-refractivity contribution >= 4 is 17.3 Å². The summed E-state index contributed by atoms with van der Waals surface area (Å²) in [7, 11) is 0. The van der Waals surface area contributed by atoms with Gasteiger partial charge in [0.15, 0.2) is 0 Å². The molecular weight excluding hydrogens is 316 g/mol. The lowest BCUT2D eigenvalue weighted by molar-refractivity contribution is -0.115. The molecule has 0 heterocycles. The monoisotopic (exact) mass is 342 g/mol. The summed E-state index contributed by atoms with van der Waals surface area (Å²) in [6.45, 7) is 7.13. The number of hydrogen-bond donors (Lipinski definition) is 2. The number of amides is 1. The Hall–Kier alpha value is -2.69. The van der Waals surface area contributed by atoms with Crippen molar-refractivity contribution in [2.24, 2.45) is 0 Å². The van der Waals surface area contributed by atoms with Crippen LogP contribution in [0.2, 0.25) is 0 Å². The summed E-state index contributed by atoms with van der Waals surface area (Å²) in [5.41, 5.74) is 1.73. The van der Waals surface area contributed by atoms with Gasteiger partial charge in [0.1, 0.15) is 11.5 Å². The number of benzene rings is 2. The molecular formula is C20H26N2O3. The molecule has 0 aliphatic heterocycles. The molecule has 0 aliphatic rings. The third-order valence-corrected chi connectivity index (χ3v) is 3.36. The summed E-state index contributed by atoms with van der Waals surface area (Å²) < 4.78 is 11.0. The van der Waals surface area contributed by atoms with Crippen LogP contribution in [0.5, 0.6) is 11.5 Å². The van der Waals surface area contributed by atoms with Gasteiger partial charge in [0.05, 0.1) is 12.7 Å². The van der Waals surface area contributed by atoms with Crippen molar-refractivity contribution in [2.45, 2.75) is 33.3 Å². The van der Waals surface area contributed by atoms with Gasteiger partial charge in [-0.1, -0.05) is 0 Å². The van der Waals surface area contributed by atoms with Crippen molar-refractivity contribution < 1.29 is 14.3 Å². The minimum Gasteiger partial charge on any atom is -0.494 e. The predicted octanol–water partition coefficient (Wildman–Crippen LogP) is 4.31. The molecule has 0 unspecified atom stereocenters. The first-order chi connectivity index (χ1) is 12.1. The van der Waals surface area contributed by atoms with Crippen LogP contribution in [0.3, 0.4) is 0 Å². The minimum atomic E-state index is -0.0315. The minimum absolute atomic E-state index is 0.0315. The topological polar surface area (TPSA) is 59.6 Å². The van der Waals surface area contributed by atoms with Crippen molar-refractivity contribution in [3.63, 3.8) is 0 Å². The first-order valence-electron chi connectivity index (χ1n) is 8.60. The normalized spacial score (nSPS) is 10.4. The number of rotatable bonds is 9. The highest BCUT2D eigenvalue weighted by Gasteiger charge is 2.04. The molecule has 0 radical (unpaired) electrons. The second-order valence-corrected chi connectivity index (χ2v) is 5.87. The molecule has 2 N–H and O–H groups in total. The van der Waals surface area contributed by atoms with Crippen LogP contribution in [-0.4, -0.2) is 25.2 Å². The van der Waals surface area contributed by atoms with Gasteiger partial charge in [0.25, 0.3) is 0 Å². The van der Waals surface area contributed by atoms with Crippen LogP contribution < -0.4 is 20.1 Å². The lowest BCUT2D eigenvalue weighted by atomic mass is 10.2. The van der Waals surface area contributed by atoms with Crippen LogP contribution in [0, 0.1) is 0 Å². The van der Waals surface area contributed by atoms with Crippen molar-refractivity contribution in [2.75, 3.05) is 23.8 Å². The highest BCUT2D eigenvalue weighted by atomic mass is 16.5. The number of hydrogen-bond acceptors (Lipinski definition) is 4. The number of anilines is 2. The van der Waals surface area contributed by atoms with E-state index in [9.17, 15) is 4.79 Å². The van der Waals surface area contributed by atoms with E-state index in [1.165, 1.54) is 0 Å². The van der Waals surface area contributed by atoms with Crippen LogP contribution in [0.1, 0.15) is 27.2 Å². The maximum Gasteiger partial charge on any atom is 0.226 e. The Labute approximate surface area is 149 Å². The van der Waals surface area contributed by atoms with E-state index in [0.717, 1.165) is 22.9 Å². The van der Waals surface area contributed by atoms with Gasteiger partial charge in [0, 0.05) is 24.3 Å². The van der Waals surface area contributed by atoms with Gasteiger partial charge in [-0.2, -0.15) is 0 Å². The Balaban J connectivity index is 1.73. The van der Waals surface area contributed by atoms with Crippen LogP contribution in [0.15, 0.2) is 48.5 Å². The molecule has 0 atom stereocenters. The van der Waals surface area contributed by atoms with E-state index < -0.39 is 0 Å². The lowest BCUT2D eigenvalue weighted by Crippen LogP contribution is -2.16. The third-order valence-electron chi connectivity index (χ3n) is 3.36. The zero-order chi connectivity index (χ0) is 18.1. The predicted molar refractivity (Wildman–Crippen MR) is 102 cm³/mol. The maximum absolute atomic E-state index is 12.0. The van der Waals surface area contributed by atoms with E-state index >= 15 is 0 Å². The van der Waals surface area contributed by atoms with Crippen LogP contribution in [0.25, 0.3) is 0 Å². The molecule has 2 aromatic carbocycles. The van der Waals surface area contributed by atoms with Gasteiger partial charge < -0.3 is 20.1 Å². The smallest absolute Gasteiger partial charge is 0.226 e. The first kappa shape index (κ1) is 18.6. The van der Waals surface area contributed by atoms with E-state index in [4.69, 9.17) is 9.47 Å². The Bertz CT molecular complexity index is 652. The van der Waals surface area contributed by atoms with Crippen LogP contribution in [0.4, 0.5) is 11.4 Å². The van der Waals surface area contributed by atoms with Crippen molar-refractivity contribution in [1.82, 2.24) is 0 Å². The highest BCUT2D eigenvalue weighted by molar-refractivity contribution is 5.91. The second-order valence-electron chi connectivity index (χ2n) is 5.87. The molecule has 0 aromatic heterocycles. The van der Waals surface area contributed by atoms with E-state index in [0.29, 0.717) is 19.6 Å². The third kappa shape index (κ3) is 6.75. The lowest BCUT2D eigenvalue weighted by Gasteiger charge is -2.11. The van der Waals surface area contributed by atoms with Crippen molar-refractivity contribution in [1.29, 1.82) is 0 Å². The Morgan fingerprint density at radius 1 is 0.960 bits per heavy atom. The molecule has 5 heteroatoms. The maximum atomic E-state index is 12.0. The molecule has 134 valence electrons. The average Bonchev–Trinajstić information content (AvgIpc) is 2.58. The Kier molecular flexibility index (Phi) is 7.14. The van der Waals surface area contributed by atoms with Crippen LogP contribution in [-0.2, 0) is 4.79 Å². The molecule has 1 amide bonds. The van der Waals surface area contributed by atoms with Gasteiger partial charge in [-0.05, 0) is 69.3 Å². The molecule has 0 saturated carbocycles. The highest BCUT2D eigenvalue weighted by Crippen LogP contribution is 2.17. The zero-order valence-corrected chi connectivity index (χ0v) is 15.0. The zero-order valence-electron chi connectivity index (χ0n) is 15.0. The van der Waals surface area contributed by atoms with Gasteiger partial charge in [0.2, 0.25) is 5.91 Å². The molecule has 0 fully saturated rings. The number of nitrogens with one attached hydrogen (secondary N) is 2. The molecule has 2 aromatic rings. The summed E-state index contributed by atoms with van der Waals surface area (Å²) in [6, 6.07) is 15.1. The summed E-state index contributed by atoms with van der Waals surface area (Å²) in [5.74, 6) is 1.61. The molecule has 0 bridgehead atoms. The van der Waals surface area contributed by atoms with Gasteiger partial charge in [-0.3, -0.25) is 4.79 Å². The molecule has 0 saturated heterocycles. The van der Waals surface area contributed by atoms with E-state index in [2.05, 4.69) is 10.6 Å². The fourth-order valence-corrected chi connectivity index (χ4v) is 2.27. The number of ether oxygens (including phenoxy) is 2. The summed E-state index contributed by atoms with van der Waals surface area (Å²) in [6.07, 6.45) is 0.520. The number of carbonyl (C=O) groups excluding carboxylic acids is 1. The summed E-state index contributed by atoms with van der Waals surface area (Å²) >= 11 is 0. The van der Waals surface area contributed by atoms with E-state index in [-0.39, 0.29) is 12.0 Å². The van der Waals surface area contributed by atoms with Crippen LogP contribution >= 0.6 is 0 Å². The first-order valence-corrected chi connectivity index (χ1v) is 8.60. The summed E-state index contributed by atoms with van der Waals surface area (Å²) in [5, 5.41) is 6.11. The molecule has 0 spiro atoms. The fourth-order valence-electron chi connectivity index (χ4n) is 2.27. The Morgan fingerprint density at radius 3 is 2.16 bits per heavy atom. The number of carbonyl (C=O) groups is 1. The van der Waals surface area contributed by atoms with Crippen molar-refractivity contribution in [3.8, 4) is 11.5 Å². The van der Waals surface area contributed by atoms with Gasteiger partial charge >= 0.3 is 0 Å². The Morgan fingerprint density at radius 2 is 1.56 bits per heavy atom. The molecule has 2 rings (SSSR count). The quantitative estimate of drug-likeness (QED) is 0.713. The van der Waals surface area contributed by atoms with Gasteiger partial charge in [-0.15, -0.1) is 0 Å².